The van der Waals surface area contributed by atoms with E-state index in [2.05, 4.69) is 16.5 Å². The molecule has 0 saturated heterocycles. The van der Waals surface area contributed by atoms with Crippen LogP contribution in [0, 0.1) is 5.92 Å². The topological polar surface area (TPSA) is 119 Å². The zero-order valence-electron chi connectivity index (χ0n) is 19.1. The number of hydrogen-bond acceptors (Lipinski definition) is 4. The van der Waals surface area contributed by atoms with Crippen LogP contribution in [0.1, 0.15) is 59.7 Å². The zero-order chi connectivity index (χ0) is 24.5. The smallest absolute Gasteiger partial charge is 0.303 e. The Kier molecular flexibility index (Phi) is 7.03. The first-order valence-electron chi connectivity index (χ1n) is 11.4. The molecule has 7 nitrogen and oxygen atoms in total. The maximum Gasteiger partial charge on any atom is 0.303 e. The van der Waals surface area contributed by atoms with Crippen LogP contribution >= 0.6 is 11.6 Å². The fourth-order valence-electron chi connectivity index (χ4n) is 5.15. The Morgan fingerprint density at radius 3 is 2.76 bits per heavy atom. The third-order valence-electron chi connectivity index (χ3n) is 6.71. The Morgan fingerprint density at radius 1 is 1.21 bits per heavy atom. The molecule has 2 aromatic carbocycles. The first-order chi connectivity index (χ1) is 16.1. The molecule has 4 rings (SSSR count). The number of carbonyl (C=O) groups is 2. The highest BCUT2D eigenvalue weighted by Gasteiger charge is 2.39. The van der Waals surface area contributed by atoms with Crippen LogP contribution in [-0.4, -0.2) is 33.6 Å². The summed E-state index contributed by atoms with van der Waals surface area (Å²) in [7, 11) is -3.34. The van der Waals surface area contributed by atoms with E-state index in [1.54, 1.807) is 25.1 Å². The molecule has 3 atom stereocenters. The van der Waals surface area contributed by atoms with Gasteiger partial charge in [0.25, 0.3) is 5.91 Å². The van der Waals surface area contributed by atoms with Gasteiger partial charge in [-0.3, -0.25) is 9.59 Å². The molecule has 182 valence electrons. The van der Waals surface area contributed by atoms with Crippen LogP contribution in [0.4, 0.5) is 0 Å². The lowest BCUT2D eigenvalue weighted by Gasteiger charge is -2.38. The number of carboxylic acids is 1. The van der Waals surface area contributed by atoms with Gasteiger partial charge in [0.1, 0.15) is 15.7 Å². The summed E-state index contributed by atoms with van der Waals surface area (Å²) in [6.07, 6.45) is 4.52. The molecule has 2 aromatic rings. The highest BCUT2D eigenvalue weighted by molar-refractivity contribution is 7.91. The van der Waals surface area contributed by atoms with E-state index in [0.717, 1.165) is 48.4 Å². The molecule has 9 heteroatoms. The molecule has 0 fully saturated rings. The van der Waals surface area contributed by atoms with Gasteiger partial charge in [-0.15, -0.1) is 4.36 Å². The van der Waals surface area contributed by atoms with E-state index in [4.69, 9.17) is 26.6 Å². The van der Waals surface area contributed by atoms with Crippen molar-refractivity contribution >= 4 is 33.4 Å². The van der Waals surface area contributed by atoms with Gasteiger partial charge < -0.3 is 9.84 Å². The first kappa shape index (κ1) is 24.7. The van der Waals surface area contributed by atoms with Gasteiger partial charge in [-0.1, -0.05) is 24.6 Å². The minimum absolute atomic E-state index is 0.0996. The van der Waals surface area contributed by atoms with Crippen LogP contribution < -0.4 is 9.88 Å². The van der Waals surface area contributed by atoms with Crippen molar-refractivity contribution in [3.63, 3.8) is 0 Å². The van der Waals surface area contributed by atoms with Crippen molar-refractivity contribution in [2.75, 3.05) is 12.4 Å². The number of ether oxygens (including phenoxy) is 1. The SMILES string of the molecule is C[C@@H](CC(=O)O)CS(N)(=O)=NC(=O)c1ccc2c(c1)CC[C@@]1(CCCc3cc(Cl)ccc31)CO2. The van der Waals surface area contributed by atoms with E-state index >= 15 is 0 Å². The second-order valence-electron chi connectivity index (χ2n) is 9.50. The van der Waals surface area contributed by atoms with Gasteiger partial charge in [-0.25, -0.2) is 9.35 Å². The number of nitrogens with zero attached hydrogens (tertiary/aromatic N) is 1. The van der Waals surface area contributed by atoms with Gasteiger partial charge in [0.2, 0.25) is 0 Å². The molecule has 34 heavy (non-hydrogen) atoms. The second kappa shape index (κ2) is 9.68. The Labute approximate surface area is 205 Å². The van der Waals surface area contributed by atoms with Crippen LogP contribution in [0.2, 0.25) is 5.02 Å². The quantitative estimate of drug-likeness (QED) is 0.619. The molecule has 1 aliphatic heterocycles. The monoisotopic (exact) mass is 504 g/mol. The molecule has 3 N–H and O–H groups in total. The molecule has 1 spiro atoms. The Balaban J connectivity index is 1.54. The molecule has 0 aromatic heterocycles. The number of benzene rings is 2. The highest BCUT2D eigenvalue weighted by atomic mass is 35.5. The fourth-order valence-corrected chi connectivity index (χ4v) is 6.74. The minimum Gasteiger partial charge on any atom is -0.492 e. The molecule has 1 heterocycles. The lowest BCUT2D eigenvalue weighted by molar-refractivity contribution is -0.137. The summed E-state index contributed by atoms with van der Waals surface area (Å²) in [5.41, 5.74) is 3.66. The van der Waals surface area contributed by atoms with E-state index in [1.807, 2.05) is 6.07 Å². The van der Waals surface area contributed by atoms with Gasteiger partial charge in [0.05, 0.1) is 6.61 Å². The number of carboxylic acid groups (broad SMARTS) is 1. The molecule has 1 aliphatic carbocycles. The van der Waals surface area contributed by atoms with Crippen molar-refractivity contribution in [2.24, 2.45) is 15.4 Å². The van der Waals surface area contributed by atoms with Crippen LogP contribution in [0.3, 0.4) is 0 Å². The molecule has 2 aliphatic rings. The van der Waals surface area contributed by atoms with Gasteiger partial charge >= 0.3 is 5.97 Å². The van der Waals surface area contributed by atoms with Crippen molar-refractivity contribution in [3.8, 4) is 5.75 Å². The molecule has 0 saturated carbocycles. The van der Waals surface area contributed by atoms with Crippen molar-refractivity contribution in [3.05, 3.63) is 63.7 Å². The van der Waals surface area contributed by atoms with E-state index in [1.165, 1.54) is 11.1 Å². The number of amides is 1. The number of halogens is 1. The van der Waals surface area contributed by atoms with E-state index in [9.17, 15) is 13.8 Å². The third-order valence-corrected chi connectivity index (χ3v) is 8.46. The van der Waals surface area contributed by atoms with E-state index < -0.39 is 27.7 Å². The molecular weight excluding hydrogens is 476 g/mol. The zero-order valence-corrected chi connectivity index (χ0v) is 20.7. The molecule has 1 unspecified atom stereocenters. The third kappa shape index (κ3) is 5.45. The lowest BCUT2D eigenvalue weighted by atomic mass is 9.68. The molecule has 1 amide bonds. The maximum atomic E-state index is 12.7. The summed E-state index contributed by atoms with van der Waals surface area (Å²) in [6.45, 7) is 2.18. The second-order valence-corrected chi connectivity index (χ2v) is 11.8. The number of aliphatic carboxylic acids is 1. The number of fused-ring (bicyclic) bond motifs is 3. The number of rotatable bonds is 5. The van der Waals surface area contributed by atoms with Crippen molar-refractivity contribution < 1.29 is 23.6 Å². The molecule has 0 radical (unpaired) electrons. The molecule has 0 bridgehead atoms. The van der Waals surface area contributed by atoms with Gasteiger partial charge in [-0.2, -0.15) is 0 Å². The minimum atomic E-state index is -3.34. The summed E-state index contributed by atoms with van der Waals surface area (Å²) in [5.74, 6) is -1.57. The standard InChI is InChI=1S/C25H29ClN2O5S/c1-16(11-23(29)30)14-34(27,32)28-24(31)19-4-7-22-18(12-19)8-10-25(15-33-22)9-2-3-17-13-20(26)5-6-21(17)25/h4-7,12-13,16H,2-3,8-11,14-15H2,1H3,(H,29,30)(H2,27,28,31,32)/t16-,25-,34?/m0/s1. The molecular formula is C25H29ClN2O5S. The largest absolute Gasteiger partial charge is 0.492 e. The first-order valence-corrected chi connectivity index (χ1v) is 13.5. The van der Waals surface area contributed by atoms with Gasteiger partial charge in [0, 0.05) is 28.2 Å². The summed E-state index contributed by atoms with van der Waals surface area (Å²) in [5, 5.41) is 15.4. The van der Waals surface area contributed by atoms with Crippen LogP contribution in [0.15, 0.2) is 40.8 Å². The Hall–Kier alpha value is -2.42. The number of carbonyl (C=O) groups excluding carboxylic acids is 1. The van der Waals surface area contributed by atoms with Gasteiger partial charge in [0.15, 0.2) is 0 Å². The predicted molar refractivity (Wildman–Crippen MR) is 132 cm³/mol. The summed E-state index contributed by atoms with van der Waals surface area (Å²) in [6, 6.07) is 11.2. The van der Waals surface area contributed by atoms with Crippen LogP contribution in [0.5, 0.6) is 5.75 Å². The summed E-state index contributed by atoms with van der Waals surface area (Å²) in [4.78, 5) is 23.6. The average molecular weight is 505 g/mol. The number of hydrogen-bond donors (Lipinski definition) is 2. The van der Waals surface area contributed by atoms with Crippen LogP contribution in [-0.2, 0) is 33.0 Å². The van der Waals surface area contributed by atoms with E-state index in [-0.39, 0.29) is 23.2 Å². The van der Waals surface area contributed by atoms with E-state index in [0.29, 0.717) is 6.61 Å². The Morgan fingerprint density at radius 2 is 2.00 bits per heavy atom. The lowest BCUT2D eigenvalue weighted by Crippen LogP contribution is -2.36. The normalized spacial score (nSPS) is 21.9. The number of aryl methyl sites for hydroxylation is 2. The Bertz CT molecular complexity index is 1250. The van der Waals surface area contributed by atoms with Crippen molar-refractivity contribution in [1.82, 2.24) is 0 Å². The van der Waals surface area contributed by atoms with Crippen molar-refractivity contribution in [1.29, 1.82) is 0 Å². The van der Waals surface area contributed by atoms with Crippen LogP contribution in [0.25, 0.3) is 0 Å². The summed E-state index contributed by atoms with van der Waals surface area (Å²) < 4.78 is 22.6. The van der Waals surface area contributed by atoms with Gasteiger partial charge in [-0.05, 0) is 85.0 Å². The number of nitrogens with two attached hydrogens (primary N) is 1. The fraction of sp³-hybridized carbons (Fsp3) is 0.440. The predicted octanol–water partition coefficient (Wildman–Crippen LogP) is 4.53. The average Bonchev–Trinajstić information content (AvgIpc) is 2.92. The highest BCUT2D eigenvalue weighted by Crippen LogP contribution is 2.44. The van der Waals surface area contributed by atoms with Crippen molar-refractivity contribution in [2.45, 2.75) is 50.9 Å². The maximum absolute atomic E-state index is 12.7. The summed E-state index contributed by atoms with van der Waals surface area (Å²) >= 11 is 6.22.